The number of likely N-dealkylation sites (N-methyl/N-ethyl adjacent to an activating group) is 1. The lowest BCUT2D eigenvalue weighted by atomic mass is 10.3. The van der Waals surface area contributed by atoms with Crippen molar-refractivity contribution in [2.24, 2.45) is 0 Å². The first-order valence-electron chi connectivity index (χ1n) is 10.2. The average molecular weight is 545 g/mol. The molecule has 0 bridgehead atoms. The molecule has 0 aromatic heterocycles. The SMILES string of the molecule is CCN1C(=CC=CC=CC=CC2(I)Sc3ccccc3N2CC)Sc2ccccc21. The van der Waals surface area contributed by atoms with Crippen LogP contribution in [-0.4, -0.2) is 16.0 Å². The van der Waals surface area contributed by atoms with Gasteiger partial charge < -0.3 is 9.80 Å². The predicted octanol–water partition coefficient (Wildman–Crippen LogP) is 7.85. The monoisotopic (exact) mass is 544 g/mol. The topological polar surface area (TPSA) is 6.48 Å². The summed E-state index contributed by atoms with van der Waals surface area (Å²) >= 11 is 6.30. The highest BCUT2D eigenvalue weighted by molar-refractivity contribution is 14.1. The van der Waals surface area contributed by atoms with Crippen LogP contribution in [0.1, 0.15) is 13.8 Å². The standard InChI is InChI=1S/C25H25IN2S2/c1-3-27-20-14-9-11-16-22(20)29-24(27)18-8-6-5-7-13-19-25(26)28(4-2)21-15-10-12-17-23(21)30-25/h5-19H,3-4H2,1-2H3. The Morgan fingerprint density at radius 2 is 1.50 bits per heavy atom. The van der Waals surface area contributed by atoms with Crippen molar-refractivity contribution in [1.82, 2.24) is 0 Å². The van der Waals surface area contributed by atoms with Crippen LogP contribution in [0.25, 0.3) is 0 Å². The molecule has 0 radical (unpaired) electrons. The Morgan fingerprint density at radius 1 is 0.833 bits per heavy atom. The van der Waals surface area contributed by atoms with E-state index in [1.807, 2.05) is 23.5 Å². The normalized spacial score (nSPS) is 22.2. The Morgan fingerprint density at radius 3 is 2.27 bits per heavy atom. The molecule has 0 aliphatic carbocycles. The van der Waals surface area contributed by atoms with Gasteiger partial charge in [-0.15, -0.1) is 0 Å². The molecule has 0 fully saturated rings. The maximum absolute atomic E-state index is 2.56. The molecule has 2 nitrogen and oxygen atoms in total. The first-order valence-corrected chi connectivity index (χ1v) is 12.9. The molecule has 0 spiro atoms. The highest BCUT2D eigenvalue weighted by Gasteiger charge is 2.39. The zero-order valence-electron chi connectivity index (χ0n) is 17.2. The van der Waals surface area contributed by atoms with E-state index in [2.05, 4.69) is 137 Å². The molecular weight excluding hydrogens is 519 g/mol. The lowest BCUT2D eigenvalue weighted by Crippen LogP contribution is -2.35. The van der Waals surface area contributed by atoms with Gasteiger partial charge in [0.05, 0.1) is 16.4 Å². The molecular formula is C25H25IN2S2. The highest BCUT2D eigenvalue weighted by atomic mass is 127. The van der Waals surface area contributed by atoms with Gasteiger partial charge in [0.15, 0.2) is 2.88 Å². The summed E-state index contributed by atoms with van der Waals surface area (Å²) in [5.41, 5.74) is 2.64. The van der Waals surface area contributed by atoms with Crippen LogP contribution in [-0.2, 0) is 0 Å². The van der Waals surface area contributed by atoms with E-state index < -0.39 is 0 Å². The number of anilines is 2. The number of para-hydroxylation sites is 2. The summed E-state index contributed by atoms with van der Waals surface area (Å²) in [6.07, 6.45) is 15.1. The zero-order chi connectivity index (χ0) is 21.0. The van der Waals surface area contributed by atoms with Gasteiger partial charge in [0.25, 0.3) is 0 Å². The van der Waals surface area contributed by atoms with Gasteiger partial charge in [-0.25, -0.2) is 0 Å². The molecule has 2 aliphatic rings. The fraction of sp³-hybridized carbons (Fsp3) is 0.200. The predicted molar refractivity (Wildman–Crippen MR) is 143 cm³/mol. The molecule has 2 aromatic carbocycles. The third-order valence-electron chi connectivity index (χ3n) is 5.03. The third kappa shape index (κ3) is 4.39. The van der Waals surface area contributed by atoms with Gasteiger partial charge in [-0.05, 0) is 72.9 Å². The van der Waals surface area contributed by atoms with E-state index in [-0.39, 0.29) is 2.88 Å². The molecule has 2 heterocycles. The van der Waals surface area contributed by atoms with E-state index in [1.165, 1.54) is 26.2 Å². The van der Waals surface area contributed by atoms with Gasteiger partial charge in [-0.3, -0.25) is 0 Å². The molecule has 1 unspecified atom stereocenters. The van der Waals surface area contributed by atoms with Crippen LogP contribution in [0, 0.1) is 0 Å². The van der Waals surface area contributed by atoms with Crippen LogP contribution in [0.15, 0.2) is 106 Å². The van der Waals surface area contributed by atoms with E-state index in [9.17, 15) is 0 Å². The molecule has 1 atom stereocenters. The van der Waals surface area contributed by atoms with Gasteiger partial charge in [0.2, 0.25) is 0 Å². The van der Waals surface area contributed by atoms with E-state index in [1.54, 1.807) is 0 Å². The first-order chi connectivity index (χ1) is 14.7. The van der Waals surface area contributed by atoms with Crippen molar-refractivity contribution in [2.75, 3.05) is 22.9 Å². The van der Waals surface area contributed by atoms with Gasteiger partial charge >= 0.3 is 0 Å². The Kier molecular flexibility index (Phi) is 7.01. The largest absolute Gasteiger partial charge is 0.344 e. The number of fused-ring (bicyclic) bond motifs is 2. The summed E-state index contributed by atoms with van der Waals surface area (Å²) in [6.45, 7) is 6.38. The Labute approximate surface area is 201 Å². The number of benzene rings is 2. The second-order valence-corrected chi connectivity index (χ2v) is 11.6. The van der Waals surface area contributed by atoms with Crippen LogP contribution < -0.4 is 9.80 Å². The summed E-state index contributed by atoms with van der Waals surface area (Å²) in [4.78, 5) is 7.50. The van der Waals surface area contributed by atoms with Gasteiger partial charge in [-0.2, -0.15) is 0 Å². The molecule has 0 N–H and O–H groups in total. The summed E-state index contributed by atoms with van der Waals surface area (Å²) in [6, 6.07) is 17.3. The van der Waals surface area contributed by atoms with Crippen molar-refractivity contribution in [3.63, 3.8) is 0 Å². The van der Waals surface area contributed by atoms with Crippen molar-refractivity contribution in [3.05, 3.63) is 96.1 Å². The van der Waals surface area contributed by atoms with E-state index in [4.69, 9.17) is 0 Å². The molecule has 5 heteroatoms. The minimum Gasteiger partial charge on any atom is -0.344 e. The van der Waals surface area contributed by atoms with E-state index in [0.29, 0.717) is 0 Å². The molecule has 2 aliphatic heterocycles. The van der Waals surface area contributed by atoms with Crippen LogP contribution in [0.2, 0.25) is 0 Å². The summed E-state index contributed by atoms with van der Waals surface area (Å²) in [5, 5.41) is 1.28. The van der Waals surface area contributed by atoms with Crippen molar-refractivity contribution in [2.45, 2.75) is 26.5 Å². The number of rotatable bonds is 6. The molecule has 154 valence electrons. The van der Waals surface area contributed by atoms with Crippen molar-refractivity contribution >= 4 is 57.5 Å². The Hall–Kier alpha value is -1.57. The third-order valence-corrected chi connectivity index (χ3v) is 8.97. The lowest BCUT2D eigenvalue weighted by molar-refractivity contribution is 0.861. The number of nitrogens with zero attached hydrogens (tertiary/aromatic N) is 2. The Bertz CT molecular complexity index is 1030. The summed E-state index contributed by atoms with van der Waals surface area (Å²) in [7, 11) is 0. The van der Waals surface area contributed by atoms with Crippen molar-refractivity contribution < 1.29 is 0 Å². The fourth-order valence-electron chi connectivity index (χ4n) is 3.66. The molecule has 0 saturated heterocycles. The summed E-state index contributed by atoms with van der Waals surface area (Å²) in [5.74, 6) is 0. The second-order valence-electron chi connectivity index (χ2n) is 6.87. The van der Waals surface area contributed by atoms with Crippen LogP contribution in [0.3, 0.4) is 0 Å². The molecule has 4 rings (SSSR count). The van der Waals surface area contributed by atoms with Gasteiger partial charge in [0.1, 0.15) is 0 Å². The lowest BCUT2D eigenvalue weighted by Gasteiger charge is -2.30. The van der Waals surface area contributed by atoms with Gasteiger partial charge in [0, 0.05) is 22.9 Å². The molecule has 30 heavy (non-hydrogen) atoms. The van der Waals surface area contributed by atoms with E-state index in [0.717, 1.165) is 13.1 Å². The van der Waals surface area contributed by atoms with E-state index >= 15 is 0 Å². The smallest absolute Gasteiger partial charge is 0.162 e. The first kappa shape index (κ1) is 21.7. The maximum Gasteiger partial charge on any atom is 0.162 e. The Balaban J connectivity index is 1.38. The second kappa shape index (κ2) is 9.71. The summed E-state index contributed by atoms with van der Waals surface area (Å²) < 4.78 is -0.0693. The molecule has 2 aromatic rings. The van der Waals surface area contributed by atoms with Crippen molar-refractivity contribution in [3.8, 4) is 0 Å². The van der Waals surface area contributed by atoms with Crippen molar-refractivity contribution in [1.29, 1.82) is 0 Å². The minimum absolute atomic E-state index is 0.0693. The van der Waals surface area contributed by atoms with Crippen LogP contribution in [0.4, 0.5) is 11.4 Å². The van der Waals surface area contributed by atoms with Gasteiger partial charge in [-0.1, -0.05) is 78.2 Å². The molecule has 0 saturated carbocycles. The highest BCUT2D eigenvalue weighted by Crippen LogP contribution is 2.54. The fourth-order valence-corrected chi connectivity index (χ4v) is 7.54. The van der Waals surface area contributed by atoms with Crippen LogP contribution in [0.5, 0.6) is 0 Å². The maximum atomic E-state index is 2.56. The molecule has 0 amide bonds. The zero-order valence-corrected chi connectivity index (χ0v) is 21.0. The quantitative estimate of drug-likeness (QED) is 0.158. The number of allylic oxidation sites excluding steroid dienone is 6. The number of hydrogen-bond donors (Lipinski definition) is 0. The number of alkyl halides is 1. The minimum atomic E-state index is -0.0693. The average Bonchev–Trinajstić information content (AvgIpc) is 3.26. The number of halogens is 1. The number of hydrogen-bond acceptors (Lipinski definition) is 4. The van der Waals surface area contributed by atoms with Crippen LogP contribution >= 0.6 is 46.1 Å². The number of thioether (sulfide) groups is 2.